The molecule has 0 atom stereocenters. The monoisotopic (exact) mass is 301 g/mol. The third-order valence-electron chi connectivity index (χ3n) is 3.74. The molecule has 0 bridgehead atoms. The second kappa shape index (κ2) is 6.43. The summed E-state index contributed by atoms with van der Waals surface area (Å²) in [7, 11) is 0. The first-order valence-electron chi connectivity index (χ1n) is 7.38. The number of para-hydroxylation sites is 2. The topological polar surface area (TPSA) is 46.1 Å². The van der Waals surface area contributed by atoms with E-state index in [4.69, 9.17) is 0 Å². The van der Waals surface area contributed by atoms with E-state index in [0.29, 0.717) is 5.75 Å². The maximum Gasteiger partial charge on any atom is 0.232 e. The van der Waals surface area contributed by atoms with Crippen LogP contribution >= 0.6 is 11.8 Å². The highest BCUT2D eigenvalue weighted by atomic mass is 32.2. The standard InChI is InChI=1S/C16H19N3OS/c1-12-16(18-14-8-4-3-7-13(14)17-12)21-11-15(20)19-9-5-2-6-10-19/h3-4,7-8H,2,5-6,9-11H2,1H3. The summed E-state index contributed by atoms with van der Waals surface area (Å²) in [6.07, 6.45) is 3.50. The van der Waals surface area contributed by atoms with Gasteiger partial charge in [0.25, 0.3) is 0 Å². The minimum atomic E-state index is 0.217. The number of carbonyl (C=O) groups excluding carboxylic acids is 1. The Bertz CT molecular complexity index is 653. The van der Waals surface area contributed by atoms with Crippen LogP contribution in [-0.4, -0.2) is 39.6 Å². The van der Waals surface area contributed by atoms with Crippen LogP contribution < -0.4 is 0 Å². The number of hydrogen-bond acceptors (Lipinski definition) is 4. The Morgan fingerprint density at radius 3 is 2.52 bits per heavy atom. The average Bonchev–Trinajstić information content (AvgIpc) is 2.53. The van der Waals surface area contributed by atoms with Gasteiger partial charge in [-0.3, -0.25) is 4.79 Å². The Hall–Kier alpha value is -1.62. The lowest BCUT2D eigenvalue weighted by Crippen LogP contribution is -2.36. The number of hydrogen-bond donors (Lipinski definition) is 0. The van der Waals surface area contributed by atoms with Crippen LogP contribution in [0.4, 0.5) is 0 Å². The van der Waals surface area contributed by atoms with Crippen LogP contribution in [0.3, 0.4) is 0 Å². The van der Waals surface area contributed by atoms with E-state index < -0.39 is 0 Å². The lowest BCUT2D eigenvalue weighted by atomic mass is 10.1. The van der Waals surface area contributed by atoms with Gasteiger partial charge in [0.1, 0.15) is 5.03 Å². The Morgan fingerprint density at radius 1 is 1.14 bits per heavy atom. The molecule has 5 heteroatoms. The van der Waals surface area contributed by atoms with Crippen molar-refractivity contribution in [1.29, 1.82) is 0 Å². The SMILES string of the molecule is Cc1nc2ccccc2nc1SCC(=O)N1CCCCC1. The van der Waals surface area contributed by atoms with E-state index in [2.05, 4.69) is 9.97 Å². The number of benzene rings is 1. The molecule has 2 heterocycles. The number of piperidine rings is 1. The summed E-state index contributed by atoms with van der Waals surface area (Å²) in [5, 5.41) is 0.860. The van der Waals surface area contributed by atoms with Crippen molar-refractivity contribution in [3.05, 3.63) is 30.0 Å². The molecule has 0 spiro atoms. The normalized spacial score (nSPS) is 15.4. The first kappa shape index (κ1) is 14.3. The number of likely N-dealkylation sites (tertiary alicyclic amines) is 1. The molecular formula is C16H19N3OS. The van der Waals surface area contributed by atoms with Crippen molar-refractivity contribution >= 4 is 28.7 Å². The second-order valence-corrected chi connectivity index (χ2v) is 6.30. The van der Waals surface area contributed by atoms with Gasteiger partial charge in [-0.1, -0.05) is 23.9 Å². The van der Waals surface area contributed by atoms with Crippen molar-refractivity contribution in [3.63, 3.8) is 0 Å². The van der Waals surface area contributed by atoms with Crippen LogP contribution in [-0.2, 0) is 4.79 Å². The van der Waals surface area contributed by atoms with E-state index in [0.717, 1.165) is 47.7 Å². The first-order valence-corrected chi connectivity index (χ1v) is 8.36. The maximum absolute atomic E-state index is 12.2. The second-order valence-electron chi connectivity index (χ2n) is 5.33. The molecule has 0 saturated carbocycles. The molecule has 1 saturated heterocycles. The van der Waals surface area contributed by atoms with Crippen molar-refractivity contribution in [3.8, 4) is 0 Å². The van der Waals surface area contributed by atoms with Crippen molar-refractivity contribution in [2.24, 2.45) is 0 Å². The van der Waals surface area contributed by atoms with Gasteiger partial charge in [-0.2, -0.15) is 0 Å². The lowest BCUT2D eigenvalue weighted by Gasteiger charge is -2.26. The molecule has 1 aliphatic rings. The molecule has 0 unspecified atom stereocenters. The zero-order chi connectivity index (χ0) is 14.7. The lowest BCUT2D eigenvalue weighted by molar-refractivity contribution is -0.129. The van der Waals surface area contributed by atoms with E-state index in [9.17, 15) is 4.79 Å². The zero-order valence-electron chi connectivity index (χ0n) is 12.2. The largest absolute Gasteiger partial charge is 0.342 e. The van der Waals surface area contributed by atoms with Gasteiger partial charge < -0.3 is 4.90 Å². The number of nitrogens with zero attached hydrogens (tertiary/aromatic N) is 3. The Morgan fingerprint density at radius 2 is 1.81 bits per heavy atom. The summed E-state index contributed by atoms with van der Waals surface area (Å²) in [6.45, 7) is 3.76. The van der Waals surface area contributed by atoms with Gasteiger partial charge in [0, 0.05) is 13.1 Å². The summed E-state index contributed by atoms with van der Waals surface area (Å²) in [5.74, 6) is 0.669. The molecule has 0 radical (unpaired) electrons. The van der Waals surface area contributed by atoms with Crippen molar-refractivity contribution in [2.45, 2.75) is 31.2 Å². The van der Waals surface area contributed by atoms with Crippen LogP contribution in [0.1, 0.15) is 25.0 Å². The third-order valence-corrected chi connectivity index (χ3v) is 4.79. The number of thioether (sulfide) groups is 1. The molecule has 0 N–H and O–H groups in total. The van der Waals surface area contributed by atoms with Gasteiger partial charge >= 0.3 is 0 Å². The van der Waals surface area contributed by atoms with Crippen molar-refractivity contribution in [1.82, 2.24) is 14.9 Å². The summed E-state index contributed by atoms with van der Waals surface area (Å²) >= 11 is 1.50. The van der Waals surface area contributed by atoms with Gasteiger partial charge in [0.2, 0.25) is 5.91 Å². The van der Waals surface area contributed by atoms with Crippen LogP contribution in [0, 0.1) is 6.92 Å². The summed E-state index contributed by atoms with van der Waals surface area (Å²) < 4.78 is 0. The van der Waals surface area contributed by atoms with Gasteiger partial charge in [-0.25, -0.2) is 9.97 Å². The molecule has 4 nitrogen and oxygen atoms in total. The first-order chi connectivity index (χ1) is 10.2. The van der Waals surface area contributed by atoms with Gasteiger partial charge in [0.15, 0.2) is 0 Å². The predicted octanol–water partition coefficient (Wildman–Crippen LogP) is 3.04. The molecule has 1 aromatic heterocycles. The third kappa shape index (κ3) is 3.35. The van der Waals surface area contributed by atoms with Crippen LogP contribution in [0.2, 0.25) is 0 Å². The highest BCUT2D eigenvalue weighted by Gasteiger charge is 2.17. The van der Waals surface area contributed by atoms with Crippen LogP contribution in [0.15, 0.2) is 29.3 Å². The molecule has 3 rings (SSSR count). The number of aryl methyl sites for hydroxylation is 1. The predicted molar refractivity (Wildman–Crippen MR) is 85.4 cm³/mol. The molecule has 0 aliphatic carbocycles. The van der Waals surface area contributed by atoms with Crippen LogP contribution in [0.25, 0.3) is 11.0 Å². The number of carbonyl (C=O) groups is 1. The highest BCUT2D eigenvalue weighted by Crippen LogP contribution is 2.22. The minimum absolute atomic E-state index is 0.217. The Balaban J connectivity index is 1.69. The summed E-state index contributed by atoms with van der Waals surface area (Å²) in [6, 6.07) is 7.84. The Labute approximate surface area is 129 Å². The van der Waals surface area contributed by atoms with Gasteiger partial charge in [0.05, 0.1) is 22.5 Å². The van der Waals surface area contributed by atoms with Gasteiger partial charge in [-0.05, 0) is 38.3 Å². The fraction of sp³-hybridized carbons (Fsp3) is 0.438. The fourth-order valence-corrected chi connectivity index (χ4v) is 3.43. The van der Waals surface area contributed by atoms with Crippen molar-refractivity contribution < 1.29 is 4.79 Å². The smallest absolute Gasteiger partial charge is 0.232 e. The molecule has 110 valence electrons. The molecule has 2 aromatic rings. The van der Waals surface area contributed by atoms with Crippen molar-refractivity contribution in [2.75, 3.05) is 18.8 Å². The number of fused-ring (bicyclic) bond motifs is 1. The van der Waals surface area contributed by atoms with Crippen LogP contribution in [0.5, 0.6) is 0 Å². The molecular weight excluding hydrogens is 282 g/mol. The van der Waals surface area contributed by atoms with E-state index in [1.807, 2.05) is 36.1 Å². The van der Waals surface area contributed by atoms with E-state index in [-0.39, 0.29) is 5.91 Å². The zero-order valence-corrected chi connectivity index (χ0v) is 13.0. The minimum Gasteiger partial charge on any atom is -0.342 e. The van der Waals surface area contributed by atoms with E-state index >= 15 is 0 Å². The van der Waals surface area contributed by atoms with Gasteiger partial charge in [-0.15, -0.1) is 0 Å². The highest BCUT2D eigenvalue weighted by molar-refractivity contribution is 7.99. The van der Waals surface area contributed by atoms with E-state index in [1.165, 1.54) is 18.2 Å². The summed E-state index contributed by atoms with van der Waals surface area (Å²) in [5.41, 5.74) is 2.68. The van der Waals surface area contributed by atoms with E-state index in [1.54, 1.807) is 0 Å². The Kier molecular flexibility index (Phi) is 4.39. The average molecular weight is 301 g/mol. The maximum atomic E-state index is 12.2. The molecule has 1 amide bonds. The quantitative estimate of drug-likeness (QED) is 0.818. The molecule has 21 heavy (non-hydrogen) atoms. The molecule has 1 aromatic carbocycles. The summed E-state index contributed by atoms with van der Waals surface area (Å²) in [4.78, 5) is 23.4. The molecule has 1 fully saturated rings. The number of rotatable bonds is 3. The number of aromatic nitrogens is 2. The number of amides is 1. The molecule has 1 aliphatic heterocycles. The fourth-order valence-electron chi connectivity index (χ4n) is 2.57.